The van der Waals surface area contributed by atoms with E-state index < -0.39 is 0 Å². The number of hydrogen-bond donors (Lipinski definition) is 2. The fourth-order valence-electron chi connectivity index (χ4n) is 3.64. The summed E-state index contributed by atoms with van der Waals surface area (Å²) in [6.07, 6.45) is 1.74. The van der Waals surface area contributed by atoms with E-state index >= 15 is 0 Å². The van der Waals surface area contributed by atoms with Crippen molar-refractivity contribution in [1.29, 1.82) is 0 Å². The van der Waals surface area contributed by atoms with Crippen molar-refractivity contribution < 1.29 is 9.53 Å². The van der Waals surface area contributed by atoms with Gasteiger partial charge < -0.3 is 15.4 Å². The van der Waals surface area contributed by atoms with Gasteiger partial charge in [-0.1, -0.05) is 42.5 Å². The van der Waals surface area contributed by atoms with Crippen LogP contribution in [0.25, 0.3) is 10.2 Å². The van der Waals surface area contributed by atoms with E-state index in [0.717, 1.165) is 61.8 Å². The largest absolute Gasteiger partial charge is 0.379 e. The molecular weight excluding hydrogens is 396 g/mol. The van der Waals surface area contributed by atoms with E-state index in [2.05, 4.69) is 38.7 Å². The molecule has 158 valence electrons. The van der Waals surface area contributed by atoms with Gasteiger partial charge in [0.1, 0.15) is 0 Å². The van der Waals surface area contributed by atoms with Crippen molar-refractivity contribution in [2.75, 3.05) is 39.4 Å². The zero-order valence-electron chi connectivity index (χ0n) is 17.0. The fourth-order valence-corrected chi connectivity index (χ4v) is 4.65. The van der Waals surface area contributed by atoms with Crippen molar-refractivity contribution in [3.63, 3.8) is 0 Å². The molecule has 7 heteroatoms. The molecule has 1 aliphatic heterocycles. The molecule has 1 aromatic heterocycles. The average molecular weight is 425 g/mol. The van der Waals surface area contributed by atoms with Gasteiger partial charge in [0.05, 0.1) is 34.5 Å². The highest BCUT2D eigenvalue weighted by molar-refractivity contribution is 7.18. The van der Waals surface area contributed by atoms with Gasteiger partial charge in [0, 0.05) is 32.6 Å². The molecule has 2 amide bonds. The Morgan fingerprint density at radius 1 is 1.10 bits per heavy atom. The second-order valence-corrected chi connectivity index (χ2v) is 8.57. The lowest BCUT2D eigenvalue weighted by Crippen LogP contribution is -2.45. The van der Waals surface area contributed by atoms with Crippen LogP contribution in [0.1, 0.15) is 23.0 Å². The van der Waals surface area contributed by atoms with E-state index in [0.29, 0.717) is 6.54 Å². The molecule has 0 radical (unpaired) electrons. The number of fused-ring (bicyclic) bond motifs is 1. The van der Waals surface area contributed by atoms with E-state index in [1.165, 1.54) is 4.70 Å². The Labute approximate surface area is 181 Å². The van der Waals surface area contributed by atoms with Gasteiger partial charge in [-0.15, -0.1) is 11.3 Å². The number of para-hydroxylation sites is 1. The molecule has 2 N–H and O–H groups in total. The molecule has 30 heavy (non-hydrogen) atoms. The Balaban J connectivity index is 1.26. The Morgan fingerprint density at radius 2 is 1.87 bits per heavy atom. The molecule has 1 atom stereocenters. The van der Waals surface area contributed by atoms with Crippen molar-refractivity contribution in [3.05, 3.63) is 65.2 Å². The maximum absolute atomic E-state index is 12.5. The third kappa shape index (κ3) is 5.78. The minimum absolute atomic E-state index is 0.0476. The molecule has 4 rings (SSSR count). The number of benzene rings is 2. The number of nitrogens with one attached hydrogen (secondary N) is 2. The number of thiazole rings is 1. The van der Waals surface area contributed by atoms with Gasteiger partial charge in [0.25, 0.3) is 0 Å². The summed E-state index contributed by atoms with van der Waals surface area (Å²) in [4.78, 5) is 19.5. The predicted molar refractivity (Wildman–Crippen MR) is 121 cm³/mol. The molecule has 0 spiro atoms. The molecule has 1 aliphatic rings. The monoisotopic (exact) mass is 424 g/mol. The van der Waals surface area contributed by atoms with E-state index in [-0.39, 0.29) is 12.1 Å². The first-order valence-electron chi connectivity index (χ1n) is 10.5. The maximum Gasteiger partial charge on any atom is 0.315 e. The number of urea groups is 1. The number of ether oxygens (including phenoxy) is 1. The van der Waals surface area contributed by atoms with E-state index in [1.54, 1.807) is 11.3 Å². The molecule has 0 aliphatic carbocycles. The third-order valence-electron chi connectivity index (χ3n) is 5.24. The highest BCUT2D eigenvalue weighted by atomic mass is 32.1. The third-order valence-corrected chi connectivity index (χ3v) is 6.34. The Hall–Kier alpha value is -2.48. The maximum atomic E-state index is 12.5. The highest BCUT2D eigenvalue weighted by Crippen LogP contribution is 2.22. The number of carbonyl (C=O) groups excluding carboxylic acids is 1. The van der Waals surface area contributed by atoms with Crippen molar-refractivity contribution in [1.82, 2.24) is 20.5 Å². The van der Waals surface area contributed by atoms with Crippen LogP contribution in [0.2, 0.25) is 0 Å². The van der Waals surface area contributed by atoms with Crippen LogP contribution in [0, 0.1) is 0 Å². The quantitative estimate of drug-likeness (QED) is 0.542. The second-order valence-electron chi connectivity index (χ2n) is 7.46. The van der Waals surface area contributed by atoms with Crippen LogP contribution >= 0.6 is 11.3 Å². The van der Waals surface area contributed by atoms with Crippen LogP contribution in [0.3, 0.4) is 0 Å². The summed E-state index contributed by atoms with van der Waals surface area (Å²) in [7, 11) is 0. The lowest BCUT2D eigenvalue weighted by Gasteiger charge is -2.31. The standard InChI is InChI=1S/C23H28N4O2S/c28-23(24-12-6-11-22-25-19-9-4-5-10-21(19)30-22)26-20(18-7-2-1-3-8-18)17-27-13-15-29-16-14-27/h1-5,7-10,20H,6,11-17H2,(H2,24,26,28). The van der Waals surface area contributed by atoms with Gasteiger partial charge in [-0.05, 0) is 24.1 Å². The lowest BCUT2D eigenvalue weighted by molar-refractivity contribution is 0.0340. The summed E-state index contributed by atoms with van der Waals surface area (Å²) in [5, 5.41) is 7.28. The number of carbonyl (C=O) groups is 1. The van der Waals surface area contributed by atoms with Crippen LogP contribution in [-0.2, 0) is 11.2 Å². The first kappa shape index (κ1) is 20.8. The summed E-state index contributed by atoms with van der Waals surface area (Å²) in [5.74, 6) is 0. The summed E-state index contributed by atoms with van der Waals surface area (Å²) in [5.41, 5.74) is 2.17. The molecule has 0 saturated carbocycles. The molecule has 6 nitrogen and oxygen atoms in total. The lowest BCUT2D eigenvalue weighted by atomic mass is 10.1. The summed E-state index contributed by atoms with van der Waals surface area (Å²) >= 11 is 1.73. The van der Waals surface area contributed by atoms with E-state index in [1.807, 2.05) is 36.4 Å². The van der Waals surface area contributed by atoms with Crippen molar-refractivity contribution in [2.24, 2.45) is 0 Å². The van der Waals surface area contributed by atoms with Crippen LogP contribution in [0.4, 0.5) is 4.79 Å². The highest BCUT2D eigenvalue weighted by Gasteiger charge is 2.20. The van der Waals surface area contributed by atoms with Crippen LogP contribution in [0.5, 0.6) is 0 Å². The first-order valence-corrected chi connectivity index (χ1v) is 11.3. The predicted octanol–water partition coefficient (Wildman–Crippen LogP) is 3.60. The number of hydrogen-bond acceptors (Lipinski definition) is 5. The van der Waals surface area contributed by atoms with Gasteiger partial charge in [-0.3, -0.25) is 4.90 Å². The number of amides is 2. The fraction of sp³-hybridized carbons (Fsp3) is 0.391. The van der Waals surface area contributed by atoms with Crippen LogP contribution < -0.4 is 10.6 Å². The van der Waals surface area contributed by atoms with Crippen molar-refractivity contribution in [3.8, 4) is 0 Å². The Kier molecular flexibility index (Phi) is 7.29. The van der Waals surface area contributed by atoms with Crippen molar-refractivity contribution >= 4 is 27.6 Å². The second kappa shape index (κ2) is 10.5. The van der Waals surface area contributed by atoms with Crippen LogP contribution in [-0.4, -0.2) is 55.3 Å². The Morgan fingerprint density at radius 3 is 2.67 bits per heavy atom. The van der Waals surface area contributed by atoms with Crippen molar-refractivity contribution in [2.45, 2.75) is 18.9 Å². The van der Waals surface area contributed by atoms with Gasteiger partial charge in [-0.25, -0.2) is 9.78 Å². The number of rotatable bonds is 8. The number of nitrogens with zero attached hydrogens (tertiary/aromatic N) is 2. The number of aryl methyl sites for hydroxylation is 1. The van der Waals surface area contributed by atoms with Crippen LogP contribution in [0.15, 0.2) is 54.6 Å². The Bertz CT molecular complexity index is 908. The molecular formula is C23H28N4O2S. The SMILES string of the molecule is O=C(NCCCc1nc2ccccc2s1)NC(CN1CCOCC1)c1ccccc1. The molecule has 2 heterocycles. The van der Waals surface area contributed by atoms with Gasteiger partial charge >= 0.3 is 6.03 Å². The summed E-state index contributed by atoms with van der Waals surface area (Å²) in [6.45, 7) is 4.70. The van der Waals surface area contributed by atoms with Gasteiger partial charge in [0.15, 0.2) is 0 Å². The number of aromatic nitrogens is 1. The molecule has 1 unspecified atom stereocenters. The molecule has 0 bridgehead atoms. The topological polar surface area (TPSA) is 66.5 Å². The zero-order chi connectivity index (χ0) is 20.6. The normalized spacial score (nSPS) is 15.7. The average Bonchev–Trinajstić information content (AvgIpc) is 3.20. The summed E-state index contributed by atoms with van der Waals surface area (Å²) in [6, 6.07) is 18.2. The molecule has 2 aromatic carbocycles. The van der Waals surface area contributed by atoms with Gasteiger partial charge in [-0.2, -0.15) is 0 Å². The minimum atomic E-state index is -0.124. The molecule has 3 aromatic rings. The number of morpholine rings is 1. The molecule has 1 fully saturated rings. The minimum Gasteiger partial charge on any atom is -0.379 e. The summed E-state index contributed by atoms with van der Waals surface area (Å²) < 4.78 is 6.66. The smallest absolute Gasteiger partial charge is 0.315 e. The van der Waals surface area contributed by atoms with E-state index in [4.69, 9.17) is 4.74 Å². The van der Waals surface area contributed by atoms with E-state index in [9.17, 15) is 4.79 Å². The van der Waals surface area contributed by atoms with Gasteiger partial charge in [0.2, 0.25) is 0 Å². The molecule has 1 saturated heterocycles. The zero-order valence-corrected chi connectivity index (χ0v) is 17.9. The first-order chi connectivity index (χ1) is 14.8.